The fourth-order valence-corrected chi connectivity index (χ4v) is 1.70. The summed E-state index contributed by atoms with van der Waals surface area (Å²) in [5.41, 5.74) is 3.42. The molecule has 0 saturated carbocycles. The van der Waals surface area contributed by atoms with Crippen LogP contribution in [0, 0.1) is 11.3 Å². The fourth-order valence-electron chi connectivity index (χ4n) is 1.70. The van der Waals surface area contributed by atoms with Crippen molar-refractivity contribution in [1.29, 1.82) is 5.26 Å². The van der Waals surface area contributed by atoms with E-state index in [4.69, 9.17) is 11.1 Å². The molecule has 2 aromatic rings. The van der Waals surface area contributed by atoms with Gasteiger partial charge in [0.2, 0.25) is 0 Å². The van der Waals surface area contributed by atoms with E-state index in [9.17, 15) is 0 Å². The zero-order valence-corrected chi connectivity index (χ0v) is 10.3. The summed E-state index contributed by atoms with van der Waals surface area (Å²) in [6.07, 6.45) is 3.58. The van der Waals surface area contributed by atoms with E-state index in [1.54, 1.807) is 6.20 Å². The summed E-state index contributed by atoms with van der Waals surface area (Å²) in [6, 6.07) is 11.9. The summed E-state index contributed by atoms with van der Waals surface area (Å²) in [6.45, 7) is 0.545. The number of aromatic nitrogens is 2. The van der Waals surface area contributed by atoms with Gasteiger partial charge in [-0.15, -0.1) is 0 Å². The van der Waals surface area contributed by atoms with Crippen LogP contribution in [-0.4, -0.2) is 16.5 Å². The van der Waals surface area contributed by atoms with Crippen molar-refractivity contribution < 1.29 is 0 Å². The molecule has 0 amide bonds. The smallest absolute Gasteiger partial charge is 0.160 e. The monoisotopic (exact) mass is 254 g/mol. The van der Waals surface area contributed by atoms with Crippen LogP contribution in [-0.2, 0) is 0 Å². The van der Waals surface area contributed by atoms with Gasteiger partial charge in [0.15, 0.2) is 11.6 Å². The van der Waals surface area contributed by atoms with E-state index in [0.29, 0.717) is 24.6 Å². The fraction of sp³-hybridized carbons (Fsp3) is 0.154. The number of nitriles is 1. The summed E-state index contributed by atoms with van der Waals surface area (Å²) in [4.78, 5) is 10.3. The summed E-state index contributed by atoms with van der Waals surface area (Å²) in [5.74, 6) is 6.47. The second-order valence-corrected chi connectivity index (χ2v) is 3.80. The van der Waals surface area contributed by atoms with Crippen molar-refractivity contribution in [3.8, 4) is 6.07 Å². The van der Waals surface area contributed by atoms with E-state index in [1.165, 1.54) is 6.20 Å². The van der Waals surface area contributed by atoms with Gasteiger partial charge in [0.1, 0.15) is 0 Å². The minimum atomic E-state index is 0.400. The van der Waals surface area contributed by atoms with E-state index >= 15 is 0 Å². The largest absolute Gasteiger partial charge is 0.324 e. The average molecular weight is 254 g/mol. The lowest BCUT2D eigenvalue weighted by Gasteiger charge is -2.22. The molecular weight excluding hydrogens is 240 g/mol. The van der Waals surface area contributed by atoms with Crippen molar-refractivity contribution in [2.45, 2.75) is 6.42 Å². The van der Waals surface area contributed by atoms with Crippen LogP contribution >= 0.6 is 0 Å². The molecule has 19 heavy (non-hydrogen) atoms. The van der Waals surface area contributed by atoms with Crippen LogP contribution in [0.5, 0.6) is 0 Å². The van der Waals surface area contributed by atoms with Crippen molar-refractivity contribution in [2.24, 2.45) is 5.84 Å². The Balaban J connectivity index is 2.34. The van der Waals surface area contributed by atoms with Crippen LogP contribution in [0.3, 0.4) is 0 Å². The highest BCUT2D eigenvalue weighted by Gasteiger charge is 2.11. The third-order valence-electron chi connectivity index (χ3n) is 2.56. The van der Waals surface area contributed by atoms with E-state index in [-0.39, 0.29) is 0 Å². The number of para-hydroxylation sites is 1. The van der Waals surface area contributed by atoms with Crippen molar-refractivity contribution in [1.82, 2.24) is 9.97 Å². The number of hydrogen-bond donors (Lipinski definition) is 2. The zero-order valence-electron chi connectivity index (χ0n) is 10.3. The van der Waals surface area contributed by atoms with E-state index < -0.39 is 0 Å². The lowest BCUT2D eigenvalue weighted by Crippen LogP contribution is -2.20. The topological polar surface area (TPSA) is 90.9 Å². The van der Waals surface area contributed by atoms with Gasteiger partial charge in [0.05, 0.1) is 24.9 Å². The standard InChI is InChI=1S/C13H14N6/c14-7-4-8-19(11-5-2-1-3-6-11)13-10-16-9-12(17-13)18-15/h1-3,5-6,9-10H,4,8,15H2,(H,17,18). The van der Waals surface area contributed by atoms with Crippen molar-refractivity contribution in [3.63, 3.8) is 0 Å². The lowest BCUT2D eigenvalue weighted by atomic mass is 10.2. The number of nitrogens with one attached hydrogen (secondary N) is 1. The van der Waals surface area contributed by atoms with E-state index in [0.717, 1.165) is 5.69 Å². The first-order chi connectivity index (χ1) is 9.35. The summed E-state index contributed by atoms with van der Waals surface area (Å²) >= 11 is 0. The van der Waals surface area contributed by atoms with Gasteiger partial charge in [-0.2, -0.15) is 5.26 Å². The molecule has 3 N–H and O–H groups in total. The minimum Gasteiger partial charge on any atom is -0.324 e. The molecule has 0 unspecified atom stereocenters. The molecule has 6 nitrogen and oxygen atoms in total. The number of anilines is 3. The highest BCUT2D eigenvalue weighted by Crippen LogP contribution is 2.23. The van der Waals surface area contributed by atoms with Gasteiger partial charge in [-0.05, 0) is 12.1 Å². The molecule has 0 aliphatic carbocycles. The molecule has 2 rings (SSSR count). The molecule has 0 fully saturated rings. The first-order valence-electron chi connectivity index (χ1n) is 5.83. The molecule has 1 heterocycles. The van der Waals surface area contributed by atoms with Crippen LogP contribution < -0.4 is 16.2 Å². The molecule has 96 valence electrons. The highest BCUT2D eigenvalue weighted by atomic mass is 15.3. The van der Waals surface area contributed by atoms with Crippen LogP contribution in [0.4, 0.5) is 17.3 Å². The number of nitrogen functional groups attached to an aromatic ring is 1. The second-order valence-electron chi connectivity index (χ2n) is 3.80. The van der Waals surface area contributed by atoms with E-state index in [1.807, 2.05) is 35.2 Å². The third kappa shape index (κ3) is 3.18. The van der Waals surface area contributed by atoms with Gasteiger partial charge in [0.25, 0.3) is 0 Å². The molecule has 0 aliphatic heterocycles. The van der Waals surface area contributed by atoms with E-state index in [2.05, 4.69) is 21.5 Å². The molecule has 0 spiro atoms. The Morgan fingerprint density at radius 2 is 2.05 bits per heavy atom. The Labute approximate surface area is 111 Å². The Morgan fingerprint density at radius 1 is 1.26 bits per heavy atom. The summed E-state index contributed by atoms with van der Waals surface area (Å²) in [5, 5.41) is 8.76. The number of nitrogens with two attached hydrogens (primary N) is 1. The van der Waals surface area contributed by atoms with Crippen LogP contribution in [0.2, 0.25) is 0 Å². The normalized spacial score (nSPS) is 9.68. The molecule has 6 heteroatoms. The summed E-state index contributed by atoms with van der Waals surface area (Å²) in [7, 11) is 0. The maximum Gasteiger partial charge on any atom is 0.160 e. The highest BCUT2D eigenvalue weighted by molar-refractivity contribution is 5.60. The van der Waals surface area contributed by atoms with Crippen LogP contribution in [0.25, 0.3) is 0 Å². The Kier molecular flexibility index (Phi) is 4.26. The maximum atomic E-state index is 8.76. The molecule has 0 radical (unpaired) electrons. The Hall–Kier alpha value is -2.65. The molecule has 0 saturated heterocycles. The average Bonchev–Trinajstić information content (AvgIpc) is 2.49. The first kappa shape index (κ1) is 12.8. The molecule has 1 aromatic heterocycles. The first-order valence-corrected chi connectivity index (χ1v) is 5.83. The third-order valence-corrected chi connectivity index (χ3v) is 2.56. The SMILES string of the molecule is N#CCCN(c1ccccc1)c1cncc(NN)n1. The molecule has 1 aromatic carbocycles. The number of hydrogen-bond acceptors (Lipinski definition) is 6. The van der Waals surface area contributed by atoms with Crippen LogP contribution in [0.1, 0.15) is 6.42 Å². The second kappa shape index (κ2) is 6.33. The number of nitrogens with zero attached hydrogens (tertiary/aromatic N) is 4. The van der Waals surface area contributed by atoms with Gasteiger partial charge in [0, 0.05) is 12.2 Å². The maximum absolute atomic E-state index is 8.76. The minimum absolute atomic E-state index is 0.400. The number of benzene rings is 1. The molecule has 0 atom stereocenters. The van der Waals surface area contributed by atoms with Gasteiger partial charge in [-0.1, -0.05) is 18.2 Å². The van der Waals surface area contributed by atoms with Gasteiger partial charge < -0.3 is 10.3 Å². The predicted octanol–water partition coefficient (Wildman–Crippen LogP) is 1.81. The number of rotatable bonds is 5. The predicted molar refractivity (Wildman–Crippen MR) is 73.5 cm³/mol. The molecular formula is C13H14N6. The summed E-state index contributed by atoms with van der Waals surface area (Å²) < 4.78 is 0. The Morgan fingerprint density at radius 3 is 2.74 bits per heavy atom. The van der Waals surface area contributed by atoms with Crippen molar-refractivity contribution in [2.75, 3.05) is 16.9 Å². The molecule has 0 aliphatic rings. The quantitative estimate of drug-likeness (QED) is 0.624. The zero-order chi connectivity index (χ0) is 13.5. The molecule has 0 bridgehead atoms. The van der Waals surface area contributed by atoms with Gasteiger partial charge >= 0.3 is 0 Å². The number of hydrazine groups is 1. The van der Waals surface area contributed by atoms with Gasteiger partial charge in [-0.25, -0.2) is 10.8 Å². The van der Waals surface area contributed by atoms with Gasteiger partial charge in [-0.3, -0.25) is 4.98 Å². The van der Waals surface area contributed by atoms with Crippen molar-refractivity contribution >= 4 is 17.3 Å². The van der Waals surface area contributed by atoms with Crippen LogP contribution in [0.15, 0.2) is 42.7 Å². The Bertz CT molecular complexity index is 563. The van der Waals surface area contributed by atoms with Crippen molar-refractivity contribution in [3.05, 3.63) is 42.7 Å². The lowest BCUT2D eigenvalue weighted by molar-refractivity contribution is 0.919.